The largest absolute Gasteiger partial charge is 0.480 e. The zero-order chi connectivity index (χ0) is 11.6. The first-order valence-electron chi connectivity index (χ1n) is 3.80. The molecule has 15 heavy (non-hydrogen) atoms. The topological polar surface area (TPSA) is 136 Å². The first-order valence-corrected chi connectivity index (χ1v) is 5.19. The van der Waals surface area contributed by atoms with Crippen molar-refractivity contribution >= 4 is 16.3 Å². The molecule has 8 nitrogen and oxygen atoms in total. The molecule has 0 fully saturated rings. The standard InChI is InChI=1S/C6H9N3O5S/c7-5(6(10)11)1-4-2-9(3-8-4)15(12,13)14/h2-3,5H,1,7H2,(H,10,11)(H,12,13,14)/t5-/m0/s1. The number of imidazole rings is 1. The molecule has 0 unspecified atom stereocenters. The molecule has 9 heteroatoms. The summed E-state index contributed by atoms with van der Waals surface area (Å²) >= 11 is 0. The van der Waals surface area contributed by atoms with Crippen LogP contribution in [0.5, 0.6) is 0 Å². The van der Waals surface area contributed by atoms with E-state index in [0.717, 1.165) is 12.5 Å². The van der Waals surface area contributed by atoms with Crippen LogP contribution in [0.1, 0.15) is 5.69 Å². The van der Waals surface area contributed by atoms with E-state index in [1.807, 2.05) is 0 Å². The number of carboxylic acids is 1. The minimum absolute atomic E-state index is 0.113. The first kappa shape index (κ1) is 11.6. The maximum atomic E-state index is 10.6. The van der Waals surface area contributed by atoms with Gasteiger partial charge in [-0.3, -0.25) is 9.35 Å². The number of nitrogens with two attached hydrogens (primary N) is 1. The van der Waals surface area contributed by atoms with Gasteiger partial charge >= 0.3 is 16.3 Å². The maximum absolute atomic E-state index is 10.6. The minimum Gasteiger partial charge on any atom is -0.480 e. The van der Waals surface area contributed by atoms with E-state index in [2.05, 4.69) is 4.98 Å². The van der Waals surface area contributed by atoms with Gasteiger partial charge in [0, 0.05) is 12.6 Å². The number of aromatic nitrogens is 2. The lowest BCUT2D eigenvalue weighted by Gasteiger charge is -2.01. The lowest BCUT2D eigenvalue weighted by Crippen LogP contribution is -2.32. The van der Waals surface area contributed by atoms with E-state index in [9.17, 15) is 13.2 Å². The molecule has 1 aromatic heterocycles. The van der Waals surface area contributed by atoms with Gasteiger partial charge in [0.15, 0.2) is 0 Å². The fraction of sp³-hybridized carbons (Fsp3) is 0.333. The van der Waals surface area contributed by atoms with Crippen molar-refractivity contribution in [3.05, 3.63) is 18.2 Å². The van der Waals surface area contributed by atoms with Crippen LogP contribution in [-0.4, -0.2) is 39.0 Å². The Labute approximate surface area is 85.2 Å². The molecule has 1 heterocycles. The third-order valence-corrected chi connectivity index (χ3v) is 2.36. The van der Waals surface area contributed by atoms with Crippen molar-refractivity contribution < 1.29 is 22.9 Å². The van der Waals surface area contributed by atoms with Gasteiger partial charge in [0.05, 0.1) is 5.69 Å². The summed E-state index contributed by atoms with van der Waals surface area (Å²) < 4.78 is 30.3. The number of carboxylic acid groups (broad SMARTS) is 1. The lowest BCUT2D eigenvalue weighted by atomic mass is 10.2. The lowest BCUT2D eigenvalue weighted by molar-refractivity contribution is -0.138. The number of hydrogen-bond acceptors (Lipinski definition) is 5. The fourth-order valence-corrected chi connectivity index (χ4v) is 1.31. The number of aliphatic carboxylic acids is 1. The van der Waals surface area contributed by atoms with Gasteiger partial charge in [-0.15, -0.1) is 0 Å². The summed E-state index contributed by atoms with van der Waals surface area (Å²) in [5.41, 5.74) is 5.38. The molecule has 0 aliphatic carbocycles. The average molecular weight is 235 g/mol. The third kappa shape index (κ3) is 3.01. The Hall–Kier alpha value is -1.45. The van der Waals surface area contributed by atoms with Crippen molar-refractivity contribution in [3.63, 3.8) is 0 Å². The zero-order valence-electron chi connectivity index (χ0n) is 7.44. The predicted octanol–water partition coefficient (Wildman–Crippen LogP) is -1.51. The summed E-state index contributed by atoms with van der Waals surface area (Å²) in [7, 11) is -4.37. The molecule has 0 aliphatic heterocycles. The predicted molar refractivity (Wildman–Crippen MR) is 48.5 cm³/mol. The average Bonchev–Trinajstić information content (AvgIpc) is 2.51. The SMILES string of the molecule is N[C@@H](Cc1cn(S(=O)(=O)O)cn1)C(=O)O. The number of nitrogens with zero attached hydrogens (tertiary/aromatic N) is 2. The zero-order valence-corrected chi connectivity index (χ0v) is 8.25. The van der Waals surface area contributed by atoms with Crippen molar-refractivity contribution in [2.24, 2.45) is 5.73 Å². The van der Waals surface area contributed by atoms with Gasteiger partial charge < -0.3 is 10.8 Å². The molecule has 0 radical (unpaired) electrons. The van der Waals surface area contributed by atoms with Gasteiger partial charge in [0.1, 0.15) is 12.4 Å². The maximum Gasteiger partial charge on any atom is 0.364 e. The Balaban J connectivity index is 2.82. The van der Waals surface area contributed by atoms with Crippen LogP contribution in [0.25, 0.3) is 0 Å². The van der Waals surface area contributed by atoms with Crippen LogP contribution in [-0.2, 0) is 21.5 Å². The molecule has 1 aromatic rings. The van der Waals surface area contributed by atoms with E-state index in [1.54, 1.807) is 0 Å². The summed E-state index contributed by atoms with van der Waals surface area (Å²) in [6.07, 6.45) is 1.75. The highest BCUT2D eigenvalue weighted by molar-refractivity contribution is 7.84. The number of rotatable bonds is 4. The summed E-state index contributed by atoms with van der Waals surface area (Å²) in [6.45, 7) is 0. The van der Waals surface area contributed by atoms with E-state index in [-0.39, 0.29) is 12.1 Å². The van der Waals surface area contributed by atoms with Crippen LogP contribution < -0.4 is 5.73 Å². The van der Waals surface area contributed by atoms with Crippen LogP contribution in [0.15, 0.2) is 12.5 Å². The molecule has 0 spiro atoms. The second-order valence-electron chi connectivity index (χ2n) is 2.82. The fourth-order valence-electron chi connectivity index (χ4n) is 0.889. The van der Waals surface area contributed by atoms with E-state index >= 15 is 0 Å². The second-order valence-corrected chi connectivity index (χ2v) is 4.14. The Kier molecular flexibility index (Phi) is 3.07. The summed E-state index contributed by atoms with van der Waals surface area (Å²) in [5, 5.41) is 8.48. The minimum atomic E-state index is -4.37. The molecule has 0 saturated heterocycles. The Bertz CT molecular complexity index is 465. The van der Waals surface area contributed by atoms with Gasteiger partial charge in [-0.2, -0.15) is 8.42 Å². The van der Waals surface area contributed by atoms with Crippen molar-refractivity contribution in [3.8, 4) is 0 Å². The monoisotopic (exact) mass is 235 g/mol. The van der Waals surface area contributed by atoms with E-state index < -0.39 is 22.3 Å². The summed E-state index contributed by atoms with van der Waals surface area (Å²) in [6, 6.07) is -1.16. The smallest absolute Gasteiger partial charge is 0.364 e. The molecule has 0 aliphatic rings. The molecule has 4 N–H and O–H groups in total. The Morgan fingerprint density at radius 3 is 2.67 bits per heavy atom. The highest BCUT2D eigenvalue weighted by Gasteiger charge is 2.15. The first-order chi connectivity index (χ1) is 6.80. The third-order valence-electron chi connectivity index (χ3n) is 1.63. The Morgan fingerprint density at radius 1 is 1.67 bits per heavy atom. The molecule has 0 bridgehead atoms. The van der Waals surface area contributed by atoms with Crippen LogP contribution in [0.3, 0.4) is 0 Å². The molecule has 1 rings (SSSR count). The molecule has 1 atom stereocenters. The van der Waals surface area contributed by atoms with Gasteiger partial charge in [0.2, 0.25) is 0 Å². The van der Waals surface area contributed by atoms with E-state index in [1.165, 1.54) is 0 Å². The molecule has 84 valence electrons. The molecule has 0 saturated carbocycles. The van der Waals surface area contributed by atoms with Crippen LogP contribution in [0.4, 0.5) is 0 Å². The quantitative estimate of drug-likeness (QED) is 0.539. The van der Waals surface area contributed by atoms with E-state index in [0.29, 0.717) is 3.97 Å². The second kappa shape index (κ2) is 3.96. The highest BCUT2D eigenvalue weighted by atomic mass is 32.2. The Morgan fingerprint density at radius 2 is 2.27 bits per heavy atom. The van der Waals surface area contributed by atoms with Crippen molar-refractivity contribution in [1.82, 2.24) is 8.96 Å². The van der Waals surface area contributed by atoms with Gasteiger partial charge in [-0.05, 0) is 0 Å². The van der Waals surface area contributed by atoms with Gasteiger partial charge in [0.25, 0.3) is 0 Å². The molecule has 0 aromatic carbocycles. The van der Waals surface area contributed by atoms with Crippen molar-refractivity contribution in [2.75, 3.05) is 0 Å². The van der Waals surface area contributed by atoms with Crippen molar-refractivity contribution in [1.29, 1.82) is 0 Å². The number of carbonyl (C=O) groups is 1. The normalized spacial score (nSPS) is 13.7. The summed E-state index contributed by atoms with van der Waals surface area (Å²) in [5.74, 6) is -1.21. The highest BCUT2D eigenvalue weighted by Crippen LogP contribution is 2.02. The van der Waals surface area contributed by atoms with Gasteiger partial charge in [-0.25, -0.2) is 8.96 Å². The van der Waals surface area contributed by atoms with Gasteiger partial charge in [-0.1, -0.05) is 0 Å². The number of hydrogen-bond donors (Lipinski definition) is 3. The summed E-state index contributed by atoms with van der Waals surface area (Å²) in [4.78, 5) is 14.0. The molecular formula is C6H9N3O5S. The van der Waals surface area contributed by atoms with Crippen LogP contribution >= 0.6 is 0 Å². The molecular weight excluding hydrogens is 226 g/mol. The van der Waals surface area contributed by atoms with Crippen LogP contribution in [0, 0.1) is 0 Å². The van der Waals surface area contributed by atoms with Crippen molar-refractivity contribution in [2.45, 2.75) is 12.5 Å². The molecule has 0 amide bonds. The van der Waals surface area contributed by atoms with E-state index in [4.69, 9.17) is 15.4 Å². The van der Waals surface area contributed by atoms with Crippen LogP contribution in [0.2, 0.25) is 0 Å².